The van der Waals surface area contributed by atoms with E-state index in [1.54, 1.807) is 0 Å². The van der Waals surface area contributed by atoms with Crippen LogP contribution in [0.5, 0.6) is 0 Å². The second-order valence-corrected chi connectivity index (χ2v) is 7.90. The third kappa shape index (κ3) is 1.79. The summed E-state index contributed by atoms with van der Waals surface area (Å²) in [5.74, 6) is 3.75. The molecule has 5 unspecified atom stereocenters. The van der Waals surface area contributed by atoms with Crippen LogP contribution in [-0.4, -0.2) is 5.54 Å². The lowest BCUT2D eigenvalue weighted by atomic mass is 9.69. The minimum Gasteiger partial charge on any atom is -0.325 e. The van der Waals surface area contributed by atoms with Gasteiger partial charge in [-0.3, -0.25) is 0 Å². The van der Waals surface area contributed by atoms with Gasteiger partial charge in [0.2, 0.25) is 0 Å². The van der Waals surface area contributed by atoms with Crippen molar-refractivity contribution < 1.29 is 0 Å². The number of nitrogens with two attached hydrogens (primary N) is 1. The van der Waals surface area contributed by atoms with Gasteiger partial charge in [-0.05, 0) is 80.8 Å². The molecule has 3 fully saturated rings. The lowest BCUT2D eigenvalue weighted by Crippen LogP contribution is -2.51. The third-order valence-electron chi connectivity index (χ3n) is 6.71. The molecule has 0 aromatic heterocycles. The smallest absolute Gasteiger partial charge is 0.0229 e. The molecule has 0 saturated heterocycles. The molecule has 1 heteroatoms. The van der Waals surface area contributed by atoms with E-state index in [2.05, 4.69) is 32.0 Å². The van der Waals surface area contributed by atoms with Crippen LogP contribution in [0.3, 0.4) is 0 Å². The summed E-state index contributed by atoms with van der Waals surface area (Å²) in [4.78, 5) is 0. The monoisotopic (exact) mass is 269 g/mol. The fourth-order valence-electron chi connectivity index (χ4n) is 5.86. The second-order valence-electron chi connectivity index (χ2n) is 7.90. The average Bonchev–Trinajstić information content (AvgIpc) is 3.04. The molecule has 0 amide bonds. The van der Waals surface area contributed by atoms with Crippen LogP contribution in [-0.2, 0) is 6.42 Å². The quantitative estimate of drug-likeness (QED) is 0.863. The topological polar surface area (TPSA) is 26.0 Å². The van der Waals surface area contributed by atoms with Crippen molar-refractivity contribution in [3.8, 4) is 0 Å². The first-order chi connectivity index (χ1) is 9.57. The number of fused-ring (bicyclic) bond motifs is 5. The van der Waals surface area contributed by atoms with Gasteiger partial charge in [-0.1, -0.05) is 30.2 Å². The molecule has 5 atom stereocenters. The summed E-state index contributed by atoms with van der Waals surface area (Å²) in [5.41, 5.74) is 11.3. The van der Waals surface area contributed by atoms with E-state index in [1.165, 1.54) is 48.8 Å². The summed E-state index contributed by atoms with van der Waals surface area (Å²) < 4.78 is 0. The van der Waals surface area contributed by atoms with Crippen molar-refractivity contribution in [3.05, 3.63) is 34.9 Å². The van der Waals surface area contributed by atoms with Crippen LogP contribution in [0, 0.1) is 37.5 Å². The van der Waals surface area contributed by atoms with Gasteiger partial charge in [0.25, 0.3) is 0 Å². The number of hydrogen-bond donors (Lipinski definition) is 1. The average molecular weight is 269 g/mol. The molecule has 3 aliphatic rings. The minimum absolute atomic E-state index is 0.0920. The molecule has 1 aromatic carbocycles. The van der Waals surface area contributed by atoms with Crippen molar-refractivity contribution in [1.82, 2.24) is 0 Å². The van der Waals surface area contributed by atoms with Gasteiger partial charge in [0.05, 0.1) is 0 Å². The van der Waals surface area contributed by atoms with Gasteiger partial charge in [0, 0.05) is 5.54 Å². The van der Waals surface area contributed by atoms with E-state index in [0.717, 1.165) is 30.1 Å². The Bertz CT molecular complexity index is 535. The standard InChI is InChI=1S/C19H27N/c1-12-6-7-13(2)14(8-12)10-19(20)11-15-9-18(19)17-5-3-4-16(15)17/h6-8,15-18H,3-5,9-11,20H2,1-2H3. The van der Waals surface area contributed by atoms with Crippen molar-refractivity contribution in [3.63, 3.8) is 0 Å². The zero-order valence-corrected chi connectivity index (χ0v) is 12.9. The van der Waals surface area contributed by atoms with Gasteiger partial charge in [-0.15, -0.1) is 0 Å². The first-order valence-electron chi connectivity index (χ1n) is 8.42. The van der Waals surface area contributed by atoms with E-state index in [1.807, 2.05) is 0 Å². The van der Waals surface area contributed by atoms with Crippen LogP contribution >= 0.6 is 0 Å². The summed E-state index contributed by atoms with van der Waals surface area (Å²) in [7, 11) is 0. The van der Waals surface area contributed by atoms with Gasteiger partial charge in [0.15, 0.2) is 0 Å². The maximum Gasteiger partial charge on any atom is 0.0229 e. The Morgan fingerprint density at radius 2 is 2.00 bits per heavy atom. The van der Waals surface area contributed by atoms with Crippen LogP contribution in [0.25, 0.3) is 0 Å². The van der Waals surface area contributed by atoms with E-state index in [-0.39, 0.29) is 5.54 Å². The maximum absolute atomic E-state index is 6.95. The normalized spacial score (nSPS) is 42.1. The fourth-order valence-corrected chi connectivity index (χ4v) is 5.86. The van der Waals surface area contributed by atoms with Crippen molar-refractivity contribution in [2.75, 3.05) is 0 Å². The lowest BCUT2D eigenvalue weighted by molar-refractivity contribution is 0.156. The second kappa shape index (κ2) is 4.34. The first kappa shape index (κ1) is 12.9. The maximum atomic E-state index is 6.95. The van der Waals surface area contributed by atoms with Crippen LogP contribution in [0.4, 0.5) is 0 Å². The Hall–Kier alpha value is -0.820. The summed E-state index contributed by atoms with van der Waals surface area (Å²) in [5, 5.41) is 0. The Morgan fingerprint density at radius 1 is 1.20 bits per heavy atom. The predicted molar refractivity (Wildman–Crippen MR) is 83.6 cm³/mol. The van der Waals surface area contributed by atoms with Crippen LogP contribution in [0.1, 0.15) is 48.8 Å². The van der Waals surface area contributed by atoms with E-state index >= 15 is 0 Å². The molecule has 3 saturated carbocycles. The van der Waals surface area contributed by atoms with Gasteiger partial charge in [-0.2, -0.15) is 0 Å². The summed E-state index contributed by atoms with van der Waals surface area (Å²) >= 11 is 0. The first-order valence-corrected chi connectivity index (χ1v) is 8.42. The molecule has 3 aliphatic carbocycles. The summed E-state index contributed by atoms with van der Waals surface area (Å²) in [6, 6.07) is 6.84. The molecule has 0 aliphatic heterocycles. The molecule has 0 radical (unpaired) electrons. The van der Waals surface area contributed by atoms with Crippen LogP contribution in [0.15, 0.2) is 18.2 Å². The number of rotatable bonds is 2. The molecule has 1 nitrogen and oxygen atoms in total. The zero-order valence-electron chi connectivity index (χ0n) is 12.9. The Kier molecular flexibility index (Phi) is 2.79. The molecule has 108 valence electrons. The number of benzene rings is 1. The Morgan fingerprint density at radius 3 is 2.85 bits per heavy atom. The molecule has 2 bridgehead atoms. The Balaban J connectivity index is 1.61. The van der Waals surface area contributed by atoms with Crippen molar-refractivity contribution in [1.29, 1.82) is 0 Å². The SMILES string of the molecule is Cc1ccc(C)c(CC2(N)CC3CC2C2CCCC32)c1. The molecule has 0 spiro atoms. The van der Waals surface area contributed by atoms with Crippen molar-refractivity contribution >= 4 is 0 Å². The highest BCUT2D eigenvalue weighted by Crippen LogP contribution is 2.62. The van der Waals surface area contributed by atoms with Gasteiger partial charge in [-0.25, -0.2) is 0 Å². The van der Waals surface area contributed by atoms with E-state index < -0.39 is 0 Å². The molecular weight excluding hydrogens is 242 g/mol. The van der Waals surface area contributed by atoms with Crippen molar-refractivity contribution in [2.24, 2.45) is 29.4 Å². The predicted octanol–water partition coefficient (Wildman–Crippen LogP) is 4.00. The van der Waals surface area contributed by atoms with Crippen LogP contribution in [0.2, 0.25) is 0 Å². The highest BCUT2D eigenvalue weighted by Gasteiger charge is 2.59. The molecular formula is C19H27N. The summed E-state index contributed by atoms with van der Waals surface area (Å²) in [6.45, 7) is 4.43. The van der Waals surface area contributed by atoms with E-state index in [9.17, 15) is 0 Å². The van der Waals surface area contributed by atoms with Gasteiger partial charge in [0.1, 0.15) is 0 Å². The van der Waals surface area contributed by atoms with Gasteiger partial charge >= 0.3 is 0 Å². The highest BCUT2D eigenvalue weighted by molar-refractivity contribution is 5.33. The molecule has 0 heterocycles. The lowest BCUT2D eigenvalue weighted by Gasteiger charge is -2.40. The van der Waals surface area contributed by atoms with Crippen LogP contribution < -0.4 is 5.73 Å². The molecule has 20 heavy (non-hydrogen) atoms. The van der Waals surface area contributed by atoms with E-state index in [4.69, 9.17) is 5.73 Å². The number of hydrogen-bond acceptors (Lipinski definition) is 1. The molecule has 1 aromatic rings. The fraction of sp³-hybridized carbons (Fsp3) is 0.684. The minimum atomic E-state index is 0.0920. The third-order valence-corrected chi connectivity index (χ3v) is 6.71. The van der Waals surface area contributed by atoms with Crippen molar-refractivity contribution in [2.45, 2.75) is 57.9 Å². The Labute approximate surface area is 122 Å². The molecule has 2 N–H and O–H groups in total. The van der Waals surface area contributed by atoms with Gasteiger partial charge < -0.3 is 5.73 Å². The van der Waals surface area contributed by atoms with E-state index in [0.29, 0.717) is 0 Å². The molecule has 4 rings (SSSR count). The largest absolute Gasteiger partial charge is 0.325 e. The summed E-state index contributed by atoms with van der Waals surface area (Å²) in [6.07, 6.45) is 8.22. The number of aryl methyl sites for hydroxylation is 2. The highest BCUT2D eigenvalue weighted by atomic mass is 14.8. The zero-order chi connectivity index (χ0) is 13.9.